The van der Waals surface area contributed by atoms with E-state index in [4.69, 9.17) is 0 Å². The normalized spacial score (nSPS) is 30.4. The van der Waals surface area contributed by atoms with Gasteiger partial charge in [-0.15, -0.1) is 0 Å². The molecule has 2 heterocycles. The highest BCUT2D eigenvalue weighted by Crippen LogP contribution is 2.43. The third-order valence-electron chi connectivity index (χ3n) is 5.47. The largest absolute Gasteiger partial charge is 0.471 e. The number of fused-ring (bicyclic) bond motifs is 2. The van der Waals surface area contributed by atoms with Crippen LogP contribution in [0.5, 0.6) is 0 Å². The molecule has 0 aromatic heterocycles. The van der Waals surface area contributed by atoms with E-state index >= 15 is 0 Å². The Bertz CT molecular complexity index is 660. The monoisotopic (exact) mass is 372 g/mol. The molecule has 2 saturated heterocycles. The van der Waals surface area contributed by atoms with Crippen LogP contribution in [-0.2, 0) is 14.4 Å². The second-order valence-corrected chi connectivity index (χ2v) is 6.97. The van der Waals surface area contributed by atoms with Gasteiger partial charge in [0.15, 0.2) is 0 Å². The van der Waals surface area contributed by atoms with Crippen molar-refractivity contribution in [2.24, 2.45) is 5.92 Å². The molecule has 0 aromatic carbocycles. The average molecular weight is 372 g/mol. The third kappa shape index (κ3) is 3.22. The summed E-state index contributed by atoms with van der Waals surface area (Å²) in [6.07, 6.45) is -1.69. The second kappa shape index (κ2) is 6.78. The van der Waals surface area contributed by atoms with E-state index in [1.807, 2.05) is 0 Å². The first-order valence-corrected chi connectivity index (χ1v) is 8.60. The molecule has 4 atom stereocenters. The van der Waals surface area contributed by atoms with Gasteiger partial charge in [-0.05, 0) is 38.0 Å². The number of nitriles is 1. The van der Waals surface area contributed by atoms with E-state index in [2.05, 4.69) is 6.07 Å². The first kappa shape index (κ1) is 18.5. The number of rotatable bonds is 3. The van der Waals surface area contributed by atoms with Gasteiger partial charge in [0.1, 0.15) is 12.1 Å². The van der Waals surface area contributed by atoms with Gasteiger partial charge in [-0.2, -0.15) is 18.4 Å². The van der Waals surface area contributed by atoms with Crippen LogP contribution in [0, 0.1) is 17.2 Å². The van der Waals surface area contributed by atoms with Gasteiger partial charge < -0.3 is 15.1 Å². The van der Waals surface area contributed by atoms with Crippen LogP contribution in [0.1, 0.15) is 32.1 Å². The lowest BCUT2D eigenvalue weighted by Gasteiger charge is -2.37. The van der Waals surface area contributed by atoms with Crippen molar-refractivity contribution in [3.8, 4) is 6.07 Å². The fraction of sp³-hybridized carbons (Fsp3) is 0.750. The molecule has 1 aliphatic carbocycles. The van der Waals surface area contributed by atoms with Crippen molar-refractivity contribution in [1.82, 2.24) is 15.1 Å². The molecule has 26 heavy (non-hydrogen) atoms. The Balaban J connectivity index is 1.71. The number of carbonyl (C=O) groups is 3. The van der Waals surface area contributed by atoms with Crippen molar-refractivity contribution in [2.45, 2.75) is 56.4 Å². The molecule has 2 bridgehead atoms. The predicted molar refractivity (Wildman–Crippen MR) is 81.2 cm³/mol. The summed E-state index contributed by atoms with van der Waals surface area (Å²) in [4.78, 5) is 39.1. The lowest BCUT2D eigenvalue weighted by molar-refractivity contribution is -0.174. The molecule has 0 aromatic rings. The smallest absolute Gasteiger partial charge is 0.339 e. The Morgan fingerprint density at radius 3 is 2.58 bits per heavy atom. The molecule has 10 heteroatoms. The summed E-state index contributed by atoms with van der Waals surface area (Å²) < 4.78 is 36.9. The van der Waals surface area contributed by atoms with Crippen molar-refractivity contribution in [3.63, 3.8) is 0 Å². The number of hydrogen-bond acceptors (Lipinski definition) is 4. The molecule has 0 spiro atoms. The maximum absolute atomic E-state index is 12.9. The Hall–Kier alpha value is -2.31. The molecule has 142 valence electrons. The molecule has 1 unspecified atom stereocenters. The van der Waals surface area contributed by atoms with E-state index in [1.54, 1.807) is 5.32 Å². The van der Waals surface area contributed by atoms with Crippen LogP contribution in [0.4, 0.5) is 13.2 Å². The molecule has 0 radical (unpaired) electrons. The minimum Gasteiger partial charge on any atom is -0.339 e. The van der Waals surface area contributed by atoms with Gasteiger partial charge in [-0.25, -0.2) is 0 Å². The zero-order valence-corrected chi connectivity index (χ0v) is 14.0. The summed E-state index contributed by atoms with van der Waals surface area (Å²) in [7, 11) is 0. The van der Waals surface area contributed by atoms with Crippen molar-refractivity contribution in [2.75, 3.05) is 13.1 Å². The first-order chi connectivity index (χ1) is 12.2. The van der Waals surface area contributed by atoms with E-state index in [-0.39, 0.29) is 17.9 Å². The number of alkyl halides is 3. The van der Waals surface area contributed by atoms with Gasteiger partial charge in [0.2, 0.25) is 11.8 Å². The zero-order chi connectivity index (χ0) is 19.1. The van der Waals surface area contributed by atoms with Crippen LogP contribution in [0.15, 0.2) is 0 Å². The second-order valence-electron chi connectivity index (χ2n) is 6.97. The number of likely N-dealkylation sites (tertiary alicyclic amines) is 2. The zero-order valence-electron chi connectivity index (χ0n) is 14.0. The Morgan fingerprint density at radius 2 is 1.92 bits per heavy atom. The predicted octanol–water partition coefficient (Wildman–Crippen LogP) is 0.559. The summed E-state index contributed by atoms with van der Waals surface area (Å²) >= 11 is 0. The summed E-state index contributed by atoms with van der Waals surface area (Å²) in [5.74, 6) is -3.23. The van der Waals surface area contributed by atoms with Crippen LogP contribution in [0.3, 0.4) is 0 Å². The van der Waals surface area contributed by atoms with Crippen molar-refractivity contribution < 1.29 is 27.6 Å². The minimum absolute atomic E-state index is 0.0466. The standard InChI is InChI=1S/C16H19F3N4O3/c17-16(18,19)15(26)21-8-12(24)23-10-4-3-9(6-10)13(23)14(25)22-5-1-2-11(22)7-20/h9-11,13H,1-6,8H2,(H,21,26)/t9-,10+,11?,13-/m0/s1. The molecule has 3 rings (SSSR count). The van der Waals surface area contributed by atoms with E-state index < -0.39 is 36.6 Å². The molecule has 3 amide bonds. The highest BCUT2D eigenvalue weighted by atomic mass is 19.4. The van der Waals surface area contributed by atoms with Crippen molar-refractivity contribution >= 4 is 17.7 Å². The average Bonchev–Trinajstić information content (AvgIpc) is 3.31. The summed E-state index contributed by atoms with van der Waals surface area (Å²) in [6, 6.07) is 0.605. The van der Waals surface area contributed by atoms with E-state index in [0.29, 0.717) is 32.2 Å². The Labute approximate surface area is 148 Å². The van der Waals surface area contributed by atoms with E-state index in [1.165, 1.54) is 9.80 Å². The van der Waals surface area contributed by atoms with Gasteiger partial charge in [0.25, 0.3) is 0 Å². The lowest BCUT2D eigenvalue weighted by atomic mass is 9.97. The van der Waals surface area contributed by atoms with Crippen LogP contribution >= 0.6 is 0 Å². The number of piperidine rings is 1. The topological polar surface area (TPSA) is 93.5 Å². The van der Waals surface area contributed by atoms with E-state index in [9.17, 15) is 32.8 Å². The third-order valence-corrected chi connectivity index (χ3v) is 5.47. The van der Waals surface area contributed by atoms with Crippen LogP contribution < -0.4 is 5.32 Å². The van der Waals surface area contributed by atoms with Crippen molar-refractivity contribution in [3.05, 3.63) is 0 Å². The SMILES string of the molecule is N#CC1CCCN1C(=O)[C@@H]1[C@H]2CC[C@H](C2)N1C(=O)CNC(=O)C(F)(F)F. The molecule has 7 nitrogen and oxygen atoms in total. The molecular weight excluding hydrogens is 353 g/mol. The van der Waals surface area contributed by atoms with Crippen LogP contribution in [0.2, 0.25) is 0 Å². The van der Waals surface area contributed by atoms with Crippen LogP contribution in [0.25, 0.3) is 0 Å². The Kier molecular flexibility index (Phi) is 4.82. The molecule has 1 N–H and O–H groups in total. The lowest BCUT2D eigenvalue weighted by Crippen LogP contribution is -2.56. The van der Waals surface area contributed by atoms with Gasteiger partial charge >= 0.3 is 12.1 Å². The van der Waals surface area contributed by atoms with Gasteiger partial charge in [-0.1, -0.05) is 0 Å². The molecule has 2 aliphatic heterocycles. The fourth-order valence-corrected chi connectivity index (χ4v) is 4.35. The molecular formula is C16H19F3N4O3. The number of nitrogens with zero attached hydrogens (tertiary/aromatic N) is 3. The molecule has 3 aliphatic rings. The first-order valence-electron chi connectivity index (χ1n) is 8.60. The number of hydrogen-bond donors (Lipinski definition) is 1. The number of amides is 3. The summed E-state index contributed by atoms with van der Waals surface area (Å²) in [6.45, 7) is -0.356. The molecule has 3 fully saturated rings. The number of nitrogens with one attached hydrogen (secondary N) is 1. The maximum atomic E-state index is 12.9. The van der Waals surface area contributed by atoms with Gasteiger partial charge in [0, 0.05) is 12.6 Å². The van der Waals surface area contributed by atoms with Gasteiger partial charge in [-0.3, -0.25) is 14.4 Å². The quantitative estimate of drug-likeness (QED) is 0.783. The summed E-state index contributed by atoms with van der Waals surface area (Å²) in [5.41, 5.74) is 0. The van der Waals surface area contributed by atoms with Crippen LogP contribution in [-0.4, -0.2) is 64.9 Å². The maximum Gasteiger partial charge on any atom is 0.471 e. The van der Waals surface area contributed by atoms with E-state index in [0.717, 1.165) is 6.42 Å². The molecule has 1 saturated carbocycles. The minimum atomic E-state index is -5.06. The highest BCUT2D eigenvalue weighted by molar-refractivity contribution is 5.92. The fourth-order valence-electron chi connectivity index (χ4n) is 4.35. The van der Waals surface area contributed by atoms with Gasteiger partial charge in [0.05, 0.1) is 12.6 Å². The Morgan fingerprint density at radius 1 is 1.19 bits per heavy atom. The number of carbonyl (C=O) groups excluding carboxylic acids is 3. The highest BCUT2D eigenvalue weighted by Gasteiger charge is 2.53. The summed E-state index contributed by atoms with van der Waals surface area (Å²) in [5, 5.41) is 10.8. The van der Waals surface area contributed by atoms with Crippen molar-refractivity contribution in [1.29, 1.82) is 5.26 Å². The number of halogens is 3.